The first-order valence-corrected chi connectivity index (χ1v) is 6.64. The average molecular weight is 262 g/mol. The molecule has 19 heavy (non-hydrogen) atoms. The van der Waals surface area contributed by atoms with Crippen LogP contribution in [0.1, 0.15) is 31.7 Å². The molecule has 0 fully saturated rings. The summed E-state index contributed by atoms with van der Waals surface area (Å²) in [5.41, 5.74) is 1.19. The molecule has 0 aliphatic rings. The third kappa shape index (κ3) is 7.42. The highest BCUT2D eigenvalue weighted by atomic mass is 16.5. The summed E-state index contributed by atoms with van der Waals surface area (Å²) in [6, 6.07) is 10.1. The van der Waals surface area contributed by atoms with Gasteiger partial charge in [0.15, 0.2) is 0 Å². The summed E-state index contributed by atoms with van der Waals surface area (Å²) < 4.78 is 10.7. The van der Waals surface area contributed by atoms with Crippen molar-refractivity contribution in [3.63, 3.8) is 0 Å². The van der Waals surface area contributed by atoms with Gasteiger partial charge in [-0.05, 0) is 24.8 Å². The van der Waals surface area contributed by atoms with E-state index in [1.54, 1.807) is 6.08 Å². The molecule has 0 unspecified atom stereocenters. The number of esters is 1. The van der Waals surface area contributed by atoms with Gasteiger partial charge in [0.1, 0.15) is 6.10 Å². The van der Waals surface area contributed by atoms with E-state index in [4.69, 9.17) is 9.47 Å². The lowest BCUT2D eigenvalue weighted by Crippen LogP contribution is -2.13. The van der Waals surface area contributed by atoms with Crippen molar-refractivity contribution in [3.8, 4) is 0 Å². The SMILES string of the molecule is C=C[C@H](CCCCOCc1ccccc1)OC(C)=O. The number of unbranched alkanes of at least 4 members (excludes halogenated alkanes) is 1. The fraction of sp³-hybridized carbons (Fsp3) is 0.438. The predicted octanol–water partition coefficient (Wildman–Crippen LogP) is 3.49. The van der Waals surface area contributed by atoms with Crippen LogP contribution in [0.4, 0.5) is 0 Å². The van der Waals surface area contributed by atoms with Gasteiger partial charge in [-0.3, -0.25) is 4.79 Å². The molecule has 104 valence electrons. The van der Waals surface area contributed by atoms with Crippen LogP contribution >= 0.6 is 0 Å². The van der Waals surface area contributed by atoms with Crippen molar-refractivity contribution in [3.05, 3.63) is 48.6 Å². The van der Waals surface area contributed by atoms with E-state index in [0.29, 0.717) is 6.61 Å². The minimum Gasteiger partial charge on any atom is -0.458 e. The number of hydrogen-bond acceptors (Lipinski definition) is 3. The maximum absolute atomic E-state index is 10.8. The van der Waals surface area contributed by atoms with Crippen LogP contribution in [0.25, 0.3) is 0 Å². The number of carbonyl (C=O) groups excluding carboxylic acids is 1. The molecular formula is C16H22O3. The van der Waals surface area contributed by atoms with Gasteiger partial charge in [-0.25, -0.2) is 0 Å². The Morgan fingerprint density at radius 1 is 1.32 bits per heavy atom. The zero-order chi connectivity index (χ0) is 13.9. The van der Waals surface area contributed by atoms with Gasteiger partial charge in [-0.15, -0.1) is 0 Å². The zero-order valence-electron chi connectivity index (χ0n) is 11.5. The van der Waals surface area contributed by atoms with Gasteiger partial charge in [0.25, 0.3) is 0 Å². The van der Waals surface area contributed by atoms with Gasteiger partial charge >= 0.3 is 5.97 Å². The standard InChI is InChI=1S/C16H22O3/c1-3-16(19-14(2)17)11-7-8-12-18-13-15-9-5-4-6-10-15/h3-6,9-10,16H,1,7-8,11-13H2,2H3/t16-/m1/s1. The van der Waals surface area contributed by atoms with Crippen molar-refractivity contribution in [2.45, 2.75) is 38.9 Å². The fourth-order valence-corrected chi connectivity index (χ4v) is 1.75. The van der Waals surface area contributed by atoms with Crippen LogP contribution in [0.2, 0.25) is 0 Å². The summed E-state index contributed by atoms with van der Waals surface area (Å²) in [5, 5.41) is 0. The second-order valence-electron chi connectivity index (χ2n) is 4.42. The minimum absolute atomic E-state index is 0.174. The van der Waals surface area contributed by atoms with Crippen molar-refractivity contribution in [1.29, 1.82) is 0 Å². The Bertz CT molecular complexity index is 373. The number of hydrogen-bond donors (Lipinski definition) is 0. The molecule has 0 saturated heterocycles. The van der Waals surface area contributed by atoms with Crippen molar-refractivity contribution < 1.29 is 14.3 Å². The summed E-state index contributed by atoms with van der Waals surface area (Å²) in [6.45, 7) is 6.45. The first-order valence-electron chi connectivity index (χ1n) is 6.64. The molecule has 3 heteroatoms. The quantitative estimate of drug-likeness (QED) is 0.388. The molecule has 0 aliphatic carbocycles. The maximum atomic E-state index is 10.8. The Morgan fingerprint density at radius 2 is 2.05 bits per heavy atom. The number of benzene rings is 1. The largest absolute Gasteiger partial charge is 0.458 e. The highest BCUT2D eigenvalue weighted by Gasteiger charge is 2.06. The molecule has 0 saturated carbocycles. The normalized spacial score (nSPS) is 11.8. The Morgan fingerprint density at radius 3 is 2.68 bits per heavy atom. The van der Waals surface area contributed by atoms with Crippen LogP contribution in [0.3, 0.4) is 0 Å². The van der Waals surface area contributed by atoms with E-state index in [-0.39, 0.29) is 12.1 Å². The molecule has 0 aliphatic heterocycles. The lowest BCUT2D eigenvalue weighted by atomic mass is 10.1. The van der Waals surface area contributed by atoms with Gasteiger partial charge < -0.3 is 9.47 Å². The molecule has 0 aromatic heterocycles. The molecular weight excluding hydrogens is 240 g/mol. The highest BCUT2D eigenvalue weighted by molar-refractivity contribution is 5.66. The molecule has 1 rings (SSSR count). The van der Waals surface area contributed by atoms with Crippen LogP contribution in [-0.4, -0.2) is 18.7 Å². The highest BCUT2D eigenvalue weighted by Crippen LogP contribution is 2.07. The first kappa shape index (κ1) is 15.4. The van der Waals surface area contributed by atoms with Gasteiger partial charge in [-0.2, -0.15) is 0 Å². The van der Waals surface area contributed by atoms with E-state index in [1.165, 1.54) is 12.5 Å². The van der Waals surface area contributed by atoms with Gasteiger partial charge in [0.05, 0.1) is 6.61 Å². The van der Waals surface area contributed by atoms with Gasteiger partial charge in [-0.1, -0.05) is 43.0 Å². The molecule has 0 amide bonds. The van der Waals surface area contributed by atoms with Crippen LogP contribution < -0.4 is 0 Å². The molecule has 1 aromatic rings. The topological polar surface area (TPSA) is 35.5 Å². The summed E-state index contributed by atoms with van der Waals surface area (Å²) >= 11 is 0. The van der Waals surface area contributed by atoms with E-state index in [9.17, 15) is 4.79 Å². The summed E-state index contributed by atoms with van der Waals surface area (Å²) in [4.78, 5) is 10.8. The maximum Gasteiger partial charge on any atom is 0.303 e. The second-order valence-corrected chi connectivity index (χ2v) is 4.42. The van der Waals surface area contributed by atoms with Gasteiger partial charge in [0.2, 0.25) is 0 Å². The van der Waals surface area contributed by atoms with E-state index in [1.807, 2.05) is 18.2 Å². The molecule has 0 radical (unpaired) electrons. The van der Waals surface area contributed by atoms with E-state index in [2.05, 4.69) is 18.7 Å². The lowest BCUT2D eigenvalue weighted by Gasteiger charge is -2.12. The summed E-state index contributed by atoms with van der Waals surface area (Å²) in [5.74, 6) is -0.259. The number of ether oxygens (including phenoxy) is 2. The molecule has 1 atom stereocenters. The first-order chi connectivity index (χ1) is 9.22. The van der Waals surface area contributed by atoms with Crippen molar-refractivity contribution in [2.75, 3.05) is 6.61 Å². The molecule has 1 aromatic carbocycles. The summed E-state index contributed by atoms with van der Waals surface area (Å²) in [6.07, 6.45) is 4.22. The molecule has 3 nitrogen and oxygen atoms in total. The number of carbonyl (C=O) groups is 1. The van der Waals surface area contributed by atoms with E-state index < -0.39 is 0 Å². The zero-order valence-corrected chi connectivity index (χ0v) is 11.5. The smallest absolute Gasteiger partial charge is 0.303 e. The number of rotatable bonds is 9. The summed E-state index contributed by atoms with van der Waals surface area (Å²) in [7, 11) is 0. The second kappa shape index (κ2) is 9.34. The van der Waals surface area contributed by atoms with Crippen molar-refractivity contribution >= 4 is 5.97 Å². The van der Waals surface area contributed by atoms with Crippen LogP contribution in [-0.2, 0) is 20.9 Å². The lowest BCUT2D eigenvalue weighted by molar-refractivity contribution is -0.144. The Hall–Kier alpha value is -1.61. The van der Waals surface area contributed by atoms with Crippen LogP contribution in [0.15, 0.2) is 43.0 Å². The Balaban J connectivity index is 2.04. The molecule has 0 bridgehead atoms. The Kier molecular flexibility index (Phi) is 7.59. The van der Waals surface area contributed by atoms with Crippen LogP contribution in [0, 0.1) is 0 Å². The van der Waals surface area contributed by atoms with Crippen molar-refractivity contribution in [1.82, 2.24) is 0 Å². The van der Waals surface area contributed by atoms with Crippen molar-refractivity contribution in [2.24, 2.45) is 0 Å². The molecule has 0 heterocycles. The van der Waals surface area contributed by atoms with Crippen LogP contribution in [0.5, 0.6) is 0 Å². The minimum atomic E-state index is -0.259. The third-order valence-electron chi connectivity index (χ3n) is 2.72. The van der Waals surface area contributed by atoms with E-state index in [0.717, 1.165) is 25.9 Å². The fourth-order valence-electron chi connectivity index (χ4n) is 1.75. The Labute approximate surface area is 115 Å². The van der Waals surface area contributed by atoms with E-state index >= 15 is 0 Å². The third-order valence-corrected chi connectivity index (χ3v) is 2.72. The molecule has 0 spiro atoms. The average Bonchev–Trinajstić information content (AvgIpc) is 2.42. The van der Waals surface area contributed by atoms with Gasteiger partial charge in [0, 0.05) is 13.5 Å². The monoisotopic (exact) mass is 262 g/mol. The molecule has 0 N–H and O–H groups in total. The predicted molar refractivity (Wildman–Crippen MR) is 75.7 cm³/mol.